The number of aromatic amines is 1. The zero-order valence-electron chi connectivity index (χ0n) is 17.7. The molecule has 0 bridgehead atoms. The van der Waals surface area contributed by atoms with Crippen LogP contribution in [0.15, 0.2) is 41.5 Å². The number of nitrogens with one attached hydrogen (secondary N) is 2. The average molecular weight is 423 g/mol. The highest BCUT2D eigenvalue weighted by molar-refractivity contribution is 5.92. The van der Waals surface area contributed by atoms with Gasteiger partial charge in [-0.15, -0.1) is 0 Å². The SMILES string of the molecule is CCc1cc2ncc(CC3(F)CCN(c4ccc(C(=O)NC)nc4)CC3)cc2[nH]c1=O. The maximum absolute atomic E-state index is 15.6. The molecule has 0 radical (unpaired) electrons. The van der Waals surface area contributed by atoms with Crippen LogP contribution in [0, 0.1) is 0 Å². The fraction of sp³-hybridized carbons (Fsp3) is 0.391. The molecule has 0 spiro atoms. The van der Waals surface area contributed by atoms with E-state index in [1.807, 2.05) is 19.1 Å². The lowest BCUT2D eigenvalue weighted by atomic mass is 9.87. The van der Waals surface area contributed by atoms with Gasteiger partial charge in [0, 0.05) is 38.3 Å². The molecule has 4 heterocycles. The van der Waals surface area contributed by atoms with Gasteiger partial charge in [0.2, 0.25) is 0 Å². The molecule has 0 atom stereocenters. The van der Waals surface area contributed by atoms with Gasteiger partial charge >= 0.3 is 0 Å². The summed E-state index contributed by atoms with van der Waals surface area (Å²) < 4.78 is 15.6. The van der Waals surface area contributed by atoms with E-state index in [1.165, 1.54) is 0 Å². The van der Waals surface area contributed by atoms with E-state index in [4.69, 9.17) is 0 Å². The molecule has 0 saturated carbocycles. The number of rotatable bonds is 5. The fourth-order valence-electron chi connectivity index (χ4n) is 4.07. The molecule has 31 heavy (non-hydrogen) atoms. The number of nitrogens with zero attached hydrogens (tertiary/aromatic N) is 3. The number of carbonyl (C=O) groups is 1. The molecular weight excluding hydrogens is 397 g/mol. The number of H-pyrrole nitrogens is 1. The van der Waals surface area contributed by atoms with Gasteiger partial charge in [-0.05, 0) is 49.1 Å². The number of aromatic nitrogens is 3. The zero-order valence-corrected chi connectivity index (χ0v) is 17.7. The maximum atomic E-state index is 15.6. The minimum Gasteiger partial charge on any atom is -0.370 e. The Morgan fingerprint density at radius 2 is 2.00 bits per heavy atom. The molecule has 4 rings (SSSR count). The van der Waals surface area contributed by atoms with Crippen molar-refractivity contribution in [3.63, 3.8) is 0 Å². The van der Waals surface area contributed by atoms with Gasteiger partial charge in [-0.25, -0.2) is 9.37 Å². The second-order valence-electron chi connectivity index (χ2n) is 8.05. The lowest BCUT2D eigenvalue weighted by molar-refractivity contribution is 0.0958. The Morgan fingerprint density at radius 1 is 1.23 bits per heavy atom. The molecule has 7 nitrogen and oxygen atoms in total. The van der Waals surface area contributed by atoms with Crippen molar-refractivity contribution in [1.29, 1.82) is 0 Å². The number of hydrogen-bond donors (Lipinski definition) is 2. The number of carbonyl (C=O) groups excluding carboxylic acids is 1. The Labute approximate surface area is 179 Å². The van der Waals surface area contributed by atoms with E-state index >= 15 is 4.39 Å². The van der Waals surface area contributed by atoms with Gasteiger partial charge in [-0.2, -0.15) is 0 Å². The average Bonchev–Trinajstić information content (AvgIpc) is 2.78. The van der Waals surface area contributed by atoms with E-state index in [1.54, 1.807) is 31.6 Å². The highest BCUT2D eigenvalue weighted by Crippen LogP contribution is 2.32. The van der Waals surface area contributed by atoms with Crippen LogP contribution >= 0.6 is 0 Å². The molecular formula is C23H26FN5O2. The summed E-state index contributed by atoms with van der Waals surface area (Å²) in [5.74, 6) is -0.232. The summed E-state index contributed by atoms with van der Waals surface area (Å²) in [7, 11) is 1.56. The second-order valence-corrected chi connectivity index (χ2v) is 8.05. The van der Waals surface area contributed by atoms with Crippen molar-refractivity contribution in [2.75, 3.05) is 25.0 Å². The van der Waals surface area contributed by atoms with Gasteiger partial charge in [0.1, 0.15) is 11.4 Å². The number of alkyl halides is 1. The molecule has 1 aliphatic rings. The van der Waals surface area contributed by atoms with Crippen LogP contribution in [0.1, 0.15) is 41.4 Å². The largest absolute Gasteiger partial charge is 0.370 e. The molecule has 1 saturated heterocycles. The predicted molar refractivity (Wildman–Crippen MR) is 118 cm³/mol. The van der Waals surface area contributed by atoms with Crippen molar-refractivity contribution >= 4 is 22.6 Å². The highest BCUT2D eigenvalue weighted by Gasteiger charge is 2.35. The first-order valence-corrected chi connectivity index (χ1v) is 10.5. The lowest BCUT2D eigenvalue weighted by Crippen LogP contribution is -2.43. The van der Waals surface area contributed by atoms with Gasteiger partial charge in [0.05, 0.1) is 22.9 Å². The minimum atomic E-state index is -1.33. The van der Waals surface area contributed by atoms with E-state index in [9.17, 15) is 9.59 Å². The minimum absolute atomic E-state index is 0.117. The van der Waals surface area contributed by atoms with E-state index in [0.29, 0.717) is 49.1 Å². The van der Waals surface area contributed by atoms with Crippen LogP contribution in [0.4, 0.5) is 10.1 Å². The van der Waals surface area contributed by atoms with Gasteiger partial charge in [0.15, 0.2) is 0 Å². The van der Waals surface area contributed by atoms with Gasteiger partial charge in [-0.1, -0.05) is 6.92 Å². The van der Waals surface area contributed by atoms with E-state index in [0.717, 1.165) is 16.8 Å². The Morgan fingerprint density at radius 3 is 2.65 bits per heavy atom. The van der Waals surface area contributed by atoms with Crippen LogP contribution in [-0.4, -0.2) is 46.7 Å². The molecule has 0 aromatic carbocycles. The topological polar surface area (TPSA) is 91.0 Å². The van der Waals surface area contributed by atoms with Crippen LogP contribution < -0.4 is 15.8 Å². The summed E-state index contributed by atoms with van der Waals surface area (Å²) in [6.45, 7) is 3.06. The van der Waals surface area contributed by atoms with Gasteiger partial charge < -0.3 is 15.2 Å². The van der Waals surface area contributed by atoms with E-state index in [-0.39, 0.29) is 17.9 Å². The van der Waals surface area contributed by atoms with Crippen LogP contribution in [0.2, 0.25) is 0 Å². The summed E-state index contributed by atoms with van der Waals surface area (Å²) in [6, 6.07) is 7.15. The molecule has 0 aliphatic carbocycles. The van der Waals surface area contributed by atoms with Gasteiger partial charge in [-0.3, -0.25) is 14.6 Å². The third kappa shape index (κ3) is 4.42. The first-order chi connectivity index (χ1) is 14.9. The maximum Gasteiger partial charge on any atom is 0.269 e. The van der Waals surface area contributed by atoms with Crippen molar-refractivity contribution in [2.45, 2.75) is 38.3 Å². The first kappa shape index (κ1) is 21.0. The Balaban J connectivity index is 1.44. The number of hydrogen-bond acceptors (Lipinski definition) is 5. The molecule has 2 N–H and O–H groups in total. The van der Waals surface area contributed by atoms with E-state index in [2.05, 4.69) is 25.2 Å². The van der Waals surface area contributed by atoms with E-state index < -0.39 is 5.67 Å². The Bertz CT molecular complexity index is 1150. The molecule has 0 unspecified atom stereocenters. The predicted octanol–water partition coefficient (Wildman–Crippen LogP) is 2.79. The fourth-order valence-corrected chi connectivity index (χ4v) is 4.07. The molecule has 1 amide bonds. The summed E-state index contributed by atoms with van der Waals surface area (Å²) in [5.41, 5.74) is 2.62. The number of halogens is 1. The second kappa shape index (κ2) is 8.45. The summed E-state index contributed by atoms with van der Waals surface area (Å²) in [6.07, 6.45) is 5.03. The molecule has 3 aromatic rings. The number of pyridine rings is 3. The van der Waals surface area contributed by atoms with Crippen LogP contribution in [-0.2, 0) is 12.8 Å². The van der Waals surface area contributed by atoms with Crippen LogP contribution in [0.5, 0.6) is 0 Å². The monoisotopic (exact) mass is 423 g/mol. The standard InChI is InChI=1S/C23H26FN5O2/c1-3-16-11-19-20(28-21(16)30)10-15(13-26-19)12-23(24)6-8-29(9-7-23)17-4-5-18(27-14-17)22(31)25-2/h4-5,10-11,13-14H,3,6-9,12H2,1-2H3,(H,25,31)(H,28,30). The third-order valence-electron chi connectivity index (χ3n) is 5.96. The third-order valence-corrected chi connectivity index (χ3v) is 5.96. The Hall–Kier alpha value is -3.29. The normalized spacial score (nSPS) is 15.8. The summed E-state index contributed by atoms with van der Waals surface area (Å²) in [5, 5.41) is 2.54. The smallest absolute Gasteiger partial charge is 0.269 e. The number of anilines is 1. The zero-order chi connectivity index (χ0) is 22.0. The quantitative estimate of drug-likeness (QED) is 0.659. The van der Waals surface area contributed by atoms with Crippen LogP contribution in [0.3, 0.4) is 0 Å². The van der Waals surface area contributed by atoms with Crippen LogP contribution in [0.25, 0.3) is 11.0 Å². The lowest BCUT2D eigenvalue weighted by Gasteiger charge is -2.37. The first-order valence-electron chi connectivity index (χ1n) is 10.5. The summed E-state index contributed by atoms with van der Waals surface area (Å²) in [4.78, 5) is 37.3. The molecule has 1 aliphatic heterocycles. The van der Waals surface area contributed by atoms with Crippen molar-refractivity contribution in [2.24, 2.45) is 0 Å². The van der Waals surface area contributed by atoms with Crippen molar-refractivity contribution in [1.82, 2.24) is 20.3 Å². The number of amides is 1. The van der Waals surface area contributed by atoms with Crippen molar-refractivity contribution < 1.29 is 9.18 Å². The molecule has 3 aromatic heterocycles. The Kier molecular flexibility index (Phi) is 5.71. The van der Waals surface area contributed by atoms with Crippen molar-refractivity contribution in [3.05, 3.63) is 63.8 Å². The van der Waals surface area contributed by atoms with Crippen molar-refractivity contribution in [3.8, 4) is 0 Å². The molecule has 8 heteroatoms. The highest BCUT2D eigenvalue weighted by atomic mass is 19.1. The number of fused-ring (bicyclic) bond motifs is 1. The molecule has 1 fully saturated rings. The molecule has 162 valence electrons. The number of piperidine rings is 1. The number of aryl methyl sites for hydroxylation is 1. The summed E-state index contributed by atoms with van der Waals surface area (Å²) >= 11 is 0. The van der Waals surface area contributed by atoms with Gasteiger partial charge in [0.25, 0.3) is 11.5 Å².